The van der Waals surface area contributed by atoms with Crippen LogP contribution in [0.5, 0.6) is 5.75 Å². The van der Waals surface area contributed by atoms with Gasteiger partial charge >= 0.3 is 6.03 Å². The van der Waals surface area contributed by atoms with E-state index in [4.69, 9.17) is 4.74 Å². The van der Waals surface area contributed by atoms with Gasteiger partial charge in [-0.2, -0.15) is 0 Å². The zero-order valence-electron chi connectivity index (χ0n) is 17.5. The monoisotopic (exact) mass is 419 g/mol. The van der Waals surface area contributed by atoms with Gasteiger partial charge in [0.15, 0.2) is 5.54 Å². The number of imide groups is 1. The molecule has 0 aromatic heterocycles. The van der Waals surface area contributed by atoms with Crippen molar-refractivity contribution in [2.75, 3.05) is 20.2 Å². The van der Waals surface area contributed by atoms with Gasteiger partial charge in [-0.25, -0.2) is 4.79 Å². The van der Waals surface area contributed by atoms with E-state index < -0.39 is 11.6 Å². The van der Waals surface area contributed by atoms with Crippen molar-refractivity contribution in [2.24, 2.45) is 0 Å². The van der Waals surface area contributed by atoms with Gasteiger partial charge in [0, 0.05) is 19.0 Å². The number of hydrogen-bond donors (Lipinski definition) is 1. The maximum Gasteiger partial charge on any atom is 0.325 e. The standard InChI is InChI=1S/C24H25N3O4/c1-26(19-11-6-8-16-7-2-3-9-17(16)19)21(28)15-27-22(29)24(25-23(27)30)13-14-31-20-12-5-4-10-18(20)24/h2-5,7,9-10,12,19H,6,8,11,13-15H2,1H3,(H,25,30). The molecule has 2 unspecified atom stereocenters. The summed E-state index contributed by atoms with van der Waals surface area (Å²) in [5, 5.41) is 2.85. The number of hydrogen-bond acceptors (Lipinski definition) is 4. The zero-order valence-corrected chi connectivity index (χ0v) is 17.5. The van der Waals surface area contributed by atoms with Crippen molar-refractivity contribution in [3.8, 4) is 5.75 Å². The molecule has 5 rings (SSSR count). The molecule has 2 aliphatic heterocycles. The molecule has 1 aliphatic carbocycles. The molecule has 2 aromatic rings. The van der Waals surface area contributed by atoms with Gasteiger partial charge < -0.3 is 15.0 Å². The molecule has 2 atom stereocenters. The first-order chi connectivity index (χ1) is 15.0. The Bertz CT molecular complexity index is 1070. The second-order valence-corrected chi connectivity index (χ2v) is 8.43. The number of carbonyl (C=O) groups excluding carboxylic acids is 3. The van der Waals surface area contributed by atoms with E-state index in [0.717, 1.165) is 29.7 Å². The Morgan fingerprint density at radius 1 is 1.19 bits per heavy atom. The fourth-order valence-electron chi connectivity index (χ4n) is 5.07. The van der Waals surface area contributed by atoms with Gasteiger partial charge in [-0.05, 0) is 36.5 Å². The molecule has 2 aromatic carbocycles. The third-order valence-electron chi connectivity index (χ3n) is 6.75. The van der Waals surface area contributed by atoms with Crippen LogP contribution in [0.1, 0.15) is 42.0 Å². The van der Waals surface area contributed by atoms with Crippen LogP contribution < -0.4 is 10.1 Å². The van der Waals surface area contributed by atoms with Crippen LogP contribution >= 0.6 is 0 Å². The molecule has 1 saturated heterocycles. The summed E-state index contributed by atoms with van der Waals surface area (Å²) in [5.41, 5.74) is 1.88. The highest BCUT2D eigenvalue weighted by molar-refractivity contribution is 6.09. The van der Waals surface area contributed by atoms with Crippen molar-refractivity contribution in [1.82, 2.24) is 15.1 Å². The highest BCUT2D eigenvalue weighted by Gasteiger charge is 2.55. The van der Waals surface area contributed by atoms with Crippen LogP contribution in [-0.4, -0.2) is 47.8 Å². The van der Waals surface area contributed by atoms with E-state index in [0.29, 0.717) is 24.3 Å². The molecule has 0 saturated carbocycles. The minimum atomic E-state index is -1.16. The molecule has 1 fully saturated rings. The number of nitrogens with one attached hydrogen (secondary N) is 1. The molecule has 4 amide bonds. The average Bonchev–Trinajstić information content (AvgIpc) is 3.03. The third kappa shape index (κ3) is 3.07. The highest BCUT2D eigenvalue weighted by Crippen LogP contribution is 2.41. The third-order valence-corrected chi connectivity index (χ3v) is 6.75. The molecular weight excluding hydrogens is 394 g/mol. The largest absolute Gasteiger partial charge is 0.493 e. The average molecular weight is 419 g/mol. The van der Waals surface area contributed by atoms with Crippen molar-refractivity contribution in [2.45, 2.75) is 37.3 Å². The Morgan fingerprint density at radius 3 is 2.84 bits per heavy atom. The smallest absolute Gasteiger partial charge is 0.325 e. The number of fused-ring (bicyclic) bond motifs is 3. The van der Waals surface area contributed by atoms with Gasteiger partial charge in [0.05, 0.1) is 12.6 Å². The van der Waals surface area contributed by atoms with Gasteiger partial charge in [0.1, 0.15) is 12.3 Å². The molecular formula is C24H25N3O4. The van der Waals surface area contributed by atoms with Gasteiger partial charge in [0.25, 0.3) is 5.91 Å². The fraction of sp³-hybridized carbons (Fsp3) is 0.375. The molecule has 7 heteroatoms. The van der Waals surface area contributed by atoms with Crippen LogP contribution in [0.15, 0.2) is 48.5 Å². The molecule has 2 heterocycles. The maximum absolute atomic E-state index is 13.4. The lowest BCUT2D eigenvalue weighted by Gasteiger charge is -2.34. The number of amides is 4. The SMILES string of the molecule is CN(C(=O)CN1C(=O)NC2(CCOc3ccccc32)C1=O)C1CCCc2ccccc21. The zero-order chi connectivity index (χ0) is 21.6. The fourth-order valence-corrected chi connectivity index (χ4v) is 5.07. The quantitative estimate of drug-likeness (QED) is 0.776. The lowest BCUT2D eigenvalue weighted by atomic mass is 9.84. The summed E-state index contributed by atoms with van der Waals surface area (Å²) < 4.78 is 5.66. The first kappa shape index (κ1) is 19.6. The molecule has 0 radical (unpaired) electrons. The number of para-hydroxylation sites is 1. The molecule has 3 aliphatic rings. The number of likely N-dealkylation sites (N-methyl/N-ethyl adjacent to an activating group) is 1. The van der Waals surface area contributed by atoms with Crippen molar-refractivity contribution >= 4 is 17.8 Å². The number of nitrogens with zero attached hydrogens (tertiary/aromatic N) is 2. The number of urea groups is 1. The first-order valence-electron chi connectivity index (χ1n) is 10.7. The number of benzene rings is 2. The number of carbonyl (C=O) groups is 3. The summed E-state index contributed by atoms with van der Waals surface area (Å²) in [6.45, 7) is 0.0498. The van der Waals surface area contributed by atoms with Crippen LogP contribution in [0.2, 0.25) is 0 Å². The summed E-state index contributed by atoms with van der Waals surface area (Å²) in [5.74, 6) is -0.0480. The summed E-state index contributed by atoms with van der Waals surface area (Å²) in [4.78, 5) is 42.1. The van der Waals surface area contributed by atoms with Crippen molar-refractivity contribution in [3.05, 3.63) is 65.2 Å². The number of ether oxygens (including phenoxy) is 1. The van der Waals surface area contributed by atoms with Crippen LogP contribution in [0.25, 0.3) is 0 Å². The van der Waals surface area contributed by atoms with Crippen LogP contribution in [0.3, 0.4) is 0 Å². The van der Waals surface area contributed by atoms with Crippen molar-refractivity contribution in [1.29, 1.82) is 0 Å². The highest BCUT2D eigenvalue weighted by atomic mass is 16.5. The van der Waals surface area contributed by atoms with E-state index in [9.17, 15) is 14.4 Å². The summed E-state index contributed by atoms with van der Waals surface area (Å²) in [6, 6.07) is 14.8. The predicted molar refractivity (Wildman–Crippen MR) is 113 cm³/mol. The molecule has 7 nitrogen and oxygen atoms in total. The van der Waals surface area contributed by atoms with Gasteiger partial charge in [-0.15, -0.1) is 0 Å². The van der Waals surface area contributed by atoms with E-state index in [1.54, 1.807) is 24.1 Å². The predicted octanol–water partition coefficient (Wildman–Crippen LogP) is 2.75. The van der Waals surface area contributed by atoms with Crippen molar-refractivity contribution in [3.63, 3.8) is 0 Å². The Kier molecular flexibility index (Phi) is 4.68. The lowest BCUT2D eigenvalue weighted by molar-refractivity contribution is -0.140. The van der Waals surface area contributed by atoms with Crippen LogP contribution in [0, 0.1) is 0 Å². The summed E-state index contributed by atoms with van der Waals surface area (Å²) in [6.07, 6.45) is 3.22. The topological polar surface area (TPSA) is 79.0 Å². The lowest BCUT2D eigenvalue weighted by Crippen LogP contribution is -2.48. The van der Waals surface area contributed by atoms with Crippen LogP contribution in [-0.2, 0) is 21.5 Å². The normalized spacial score (nSPS) is 24.3. The van der Waals surface area contributed by atoms with E-state index in [2.05, 4.69) is 17.4 Å². The summed E-state index contributed by atoms with van der Waals surface area (Å²) >= 11 is 0. The Hall–Kier alpha value is -3.35. The van der Waals surface area contributed by atoms with E-state index in [1.165, 1.54) is 5.56 Å². The van der Waals surface area contributed by atoms with E-state index in [1.807, 2.05) is 24.3 Å². The Labute approximate surface area is 181 Å². The number of aryl methyl sites for hydroxylation is 1. The summed E-state index contributed by atoms with van der Waals surface area (Å²) in [7, 11) is 1.76. The van der Waals surface area contributed by atoms with Crippen molar-refractivity contribution < 1.29 is 19.1 Å². The van der Waals surface area contributed by atoms with Gasteiger partial charge in [0.2, 0.25) is 5.91 Å². The molecule has 1 N–H and O–H groups in total. The molecule has 160 valence electrons. The first-order valence-corrected chi connectivity index (χ1v) is 10.7. The maximum atomic E-state index is 13.4. The minimum absolute atomic E-state index is 0.0454. The second kappa shape index (κ2) is 7.41. The minimum Gasteiger partial charge on any atom is -0.493 e. The Balaban J connectivity index is 1.37. The second-order valence-electron chi connectivity index (χ2n) is 8.43. The van der Waals surface area contributed by atoms with E-state index >= 15 is 0 Å². The number of rotatable bonds is 3. The van der Waals surface area contributed by atoms with Gasteiger partial charge in [-0.1, -0.05) is 42.5 Å². The van der Waals surface area contributed by atoms with Crippen LogP contribution in [0.4, 0.5) is 4.79 Å². The molecule has 31 heavy (non-hydrogen) atoms. The van der Waals surface area contributed by atoms with Gasteiger partial charge in [-0.3, -0.25) is 14.5 Å². The molecule has 1 spiro atoms. The molecule has 0 bridgehead atoms. The Morgan fingerprint density at radius 2 is 1.97 bits per heavy atom. The van der Waals surface area contributed by atoms with E-state index in [-0.39, 0.29) is 24.4 Å².